The third-order valence-electron chi connectivity index (χ3n) is 3.19. The van der Waals surface area contributed by atoms with Crippen molar-refractivity contribution < 1.29 is 19.1 Å². The van der Waals surface area contributed by atoms with Gasteiger partial charge in [-0.1, -0.05) is 0 Å². The molecule has 0 aliphatic carbocycles. The Morgan fingerprint density at radius 2 is 1.80 bits per heavy atom. The maximum atomic E-state index is 11.9. The molecule has 1 amide bonds. The van der Waals surface area contributed by atoms with Crippen LogP contribution in [0.2, 0.25) is 0 Å². The predicted molar refractivity (Wildman–Crippen MR) is 75.4 cm³/mol. The first-order chi connectivity index (χ1) is 9.23. The highest BCUT2D eigenvalue weighted by Gasteiger charge is 2.28. The summed E-state index contributed by atoms with van der Waals surface area (Å²) in [5, 5.41) is 3.22. The molecule has 20 heavy (non-hydrogen) atoms. The number of methoxy groups -OCH3 is 1. The molecular weight excluding hydrogens is 260 g/mol. The van der Waals surface area contributed by atoms with Crippen LogP contribution in [0.15, 0.2) is 0 Å². The van der Waals surface area contributed by atoms with Crippen LogP contribution in [0.4, 0.5) is 4.79 Å². The average Bonchev–Trinajstić information content (AvgIpc) is 2.36. The van der Waals surface area contributed by atoms with Crippen LogP contribution < -0.4 is 5.32 Å². The lowest BCUT2D eigenvalue weighted by atomic mass is 10.0. The number of ether oxygens (including phenoxy) is 2. The molecule has 0 aromatic heterocycles. The summed E-state index contributed by atoms with van der Waals surface area (Å²) in [5.41, 5.74) is -0.467. The van der Waals surface area contributed by atoms with E-state index in [0.717, 1.165) is 12.8 Å². The van der Waals surface area contributed by atoms with Crippen LogP contribution in [-0.2, 0) is 14.3 Å². The van der Waals surface area contributed by atoms with Crippen LogP contribution in [0.3, 0.4) is 0 Å². The fourth-order valence-electron chi connectivity index (χ4n) is 2.15. The minimum Gasteiger partial charge on any atom is -0.468 e. The number of amides is 1. The molecule has 1 N–H and O–H groups in total. The van der Waals surface area contributed by atoms with Gasteiger partial charge in [-0.2, -0.15) is 0 Å². The summed E-state index contributed by atoms with van der Waals surface area (Å²) in [4.78, 5) is 25.0. The Morgan fingerprint density at radius 3 is 2.25 bits per heavy atom. The van der Waals surface area contributed by atoms with E-state index >= 15 is 0 Å². The van der Waals surface area contributed by atoms with Crippen LogP contribution in [0, 0.1) is 0 Å². The van der Waals surface area contributed by atoms with Gasteiger partial charge in [-0.15, -0.1) is 0 Å². The molecule has 0 aromatic carbocycles. The molecule has 0 spiro atoms. The lowest BCUT2D eigenvalue weighted by Gasteiger charge is -2.34. The van der Waals surface area contributed by atoms with E-state index in [1.54, 1.807) is 11.8 Å². The average molecular weight is 286 g/mol. The summed E-state index contributed by atoms with van der Waals surface area (Å²) in [6.45, 7) is 8.64. The zero-order chi connectivity index (χ0) is 15.3. The number of nitrogens with zero attached hydrogens (tertiary/aromatic N) is 1. The number of rotatable bonds is 3. The molecule has 1 atom stereocenters. The molecular formula is C14H26N2O4. The molecule has 0 aromatic rings. The summed E-state index contributed by atoms with van der Waals surface area (Å²) in [5.74, 6) is -0.264. The first-order valence-corrected chi connectivity index (χ1v) is 7.04. The Bertz CT molecular complexity index is 344. The van der Waals surface area contributed by atoms with Gasteiger partial charge >= 0.3 is 12.1 Å². The second kappa shape index (κ2) is 6.92. The molecule has 1 fully saturated rings. The minimum atomic E-state index is -0.467. The van der Waals surface area contributed by atoms with E-state index in [1.165, 1.54) is 7.11 Å². The van der Waals surface area contributed by atoms with Gasteiger partial charge < -0.3 is 19.7 Å². The highest BCUT2D eigenvalue weighted by Crippen LogP contribution is 2.15. The van der Waals surface area contributed by atoms with Gasteiger partial charge in [0.25, 0.3) is 0 Å². The summed E-state index contributed by atoms with van der Waals surface area (Å²) >= 11 is 0. The van der Waals surface area contributed by atoms with E-state index in [4.69, 9.17) is 4.74 Å². The molecule has 1 unspecified atom stereocenters. The van der Waals surface area contributed by atoms with Crippen LogP contribution >= 0.6 is 0 Å². The van der Waals surface area contributed by atoms with E-state index < -0.39 is 5.60 Å². The topological polar surface area (TPSA) is 67.9 Å². The van der Waals surface area contributed by atoms with Gasteiger partial charge in [-0.3, -0.25) is 4.79 Å². The third-order valence-corrected chi connectivity index (χ3v) is 3.19. The maximum absolute atomic E-state index is 11.9. The highest BCUT2D eigenvalue weighted by molar-refractivity contribution is 5.75. The molecule has 6 nitrogen and oxygen atoms in total. The molecule has 6 heteroatoms. The van der Waals surface area contributed by atoms with E-state index in [2.05, 4.69) is 10.1 Å². The van der Waals surface area contributed by atoms with Crippen molar-refractivity contribution in [2.24, 2.45) is 0 Å². The Kier molecular flexibility index (Phi) is 5.80. The van der Waals surface area contributed by atoms with Gasteiger partial charge in [0.15, 0.2) is 0 Å². The smallest absolute Gasteiger partial charge is 0.410 e. The second-order valence-electron chi connectivity index (χ2n) is 6.15. The Labute approximate surface area is 120 Å². The van der Waals surface area contributed by atoms with Crippen LogP contribution in [0.5, 0.6) is 0 Å². The first kappa shape index (κ1) is 16.8. The standard InChI is InChI=1S/C14H26N2O4/c1-10(12(17)19-5)15-11-6-8-16(9-7-11)13(18)20-14(2,3)4/h10-11,15H,6-9H2,1-5H3. The largest absolute Gasteiger partial charge is 0.468 e. The zero-order valence-electron chi connectivity index (χ0n) is 13.1. The molecule has 0 saturated carbocycles. The number of likely N-dealkylation sites (tertiary alicyclic amines) is 1. The maximum Gasteiger partial charge on any atom is 0.410 e. The molecule has 0 radical (unpaired) electrons. The fourth-order valence-corrected chi connectivity index (χ4v) is 2.15. The van der Waals surface area contributed by atoms with Gasteiger partial charge in [0.2, 0.25) is 0 Å². The predicted octanol–water partition coefficient (Wildman–Crippen LogP) is 1.54. The van der Waals surface area contributed by atoms with Crippen molar-refractivity contribution in [2.75, 3.05) is 20.2 Å². The normalized spacial score (nSPS) is 18.6. The van der Waals surface area contributed by atoms with Crippen LogP contribution in [0.1, 0.15) is 40.5 Å². The quantitative estimate of drug-likeness (QED) is 0.797. The lowest BCUT2D eigenvalue weighted by molar-refractivity contribution is -0.142. The molecule has 1 heterocycles. The summed E-state index contributed by atoms with van der Waals surface area (Å²) in [6, 6.07) is -0.0964. The van der Waals surface area contributed by atoms with Crippen molar-refractivity contribution in [3.05, 3.63) is 0 Å². The second-order valence-corrected chi connectivity index (χ2v) is 6.15. The third kappa shape index (κ3) is 5.36. The van der Waals surface area contributed by atoms with E-state index in [1.807, 2.05) is 20.8 Å². The lowest BCUT2D eigenvalue weighted by Crippen LogP contribution is -2.50. The number of hydrogen-bond acceptors (Lipinski definition) is 5. The van der Waals surface area contributed by atoms with Crippen molar-refractivity contribution in [2.45, 2.75) is 58.2 Å². The number of hydrogen-bond donors (Lipinski definition) is 1. The first-order valence-electron chi connectivity index (χ1n) is 7.04. The number of carbonyl (C=O) groups excluding carboxylic acids is 2. The SMILES string of the molecule is COC(=O)C(C)NC1CCN(C(=O)OC(C)(C)C)CC1. The number of nitrogens with one attached hydrogen (secondary N) is 1. The van der Waals surface area contributed by atoms with E-state index in [0.29, 0.717) is 13.1 Å². The van der Waals surface area contributed by atoms with Crippen molar-refractivity contribution in [1.29, 1.82) is 0 Å². The fraction of sp³-hybridized carbons (Fsp3) is 0.857. The minimum absolute atomic E-state index is 0.225. The number of piperidine rings is 1. The molecule has 1 saturated heterocycles. The number of carbonyl (C=O) groups is 2. The van der Waals surface area contributed by atoms with Gasteiger partial charge in [0.05, 0.1) is 7.11 Å². The summed E-state index contributed by atoms with van der Waals surface area (Å²) in [6.07, 6.45) is 1.35. The van der Waals surface area contributed by atoms with Crippen molar-refractivity contribution in [1.82, 2.24) is 10.2 Å². The summed E-state index contributed by atoms with van der Waals surface area (Å²) < 4.78 is 10.0. The number of esters is 1. The van der Waals surface area contributed by atoms with Crippen LogP contribution in [0.25, 0.3) is 0 Å². The van der Waals surface area contributed by atoms with Gasteiger partial charge in [0, 0.05) is 19.1 Å². The Balaban J connectivity index is 2.36. The van der Waals surface area contributed by atoms with E-state index in [-0.39, 0.29) is 24.1 Å². The Morgan fingerprint density at radius 1 is 1.25 bits per heavy atom. The van der Waals surface area contributed by atoms with Crippen molar-refractivity contribution in [3.8, 4) is 0 Å². The Hall–Kier alpha value is -1.30. The van der Waals surface area contributed by atoms with Crippen molar-refractivity contribution >= 4 is 12.1 Å². The molecule has 1 aliphatic rings. The van der Waals surface area contributed by atoms with Crippen molar-refractivity contribution in [3.63, 3.8) is 0 Å². The van der Waals surface area contributed by atoms with Gasteiger partial charge in [-0.25, -0.2) is 4.79 Å². The van der Waals surface area contributed by atoms with Gasteiger partial charge in [-0.05, 0) is 40.5 Å². The monoisotopic (exact) mass is 286 g/mol. The molecule has 1 aliphatic heterocycles. The van der Waals surface area contributed by atoms with Gasteiger partial charge in [0.1, 0.15) is 11.6 Å². The van der Waals surface area contributed by atoms with E-state index in [9.17, 15) is 9.59 Å². The summed E-state index contributed by atoms with van der Waals surface area (Å²) in [7, 11) is 1.38. The van der Waals surface area contributed by atoms with Crippen LogP contribution in [-0.4, -0.2) is 54.8 Å². The molecule has 1 rings (SSSR count). The molecule has 0 bridgehead atoms. The highest BCUT2D eigenvalue weighted by atomic mass is 16.6. The molecule has 116 valence electrons. The zero-order valence-corrected chi connectivity index (χ0v) is 13.1.